The first kappa shape index (κ1) is 18.8. The molecule has 0 aliphatic carbocycles. The summed E-state index contributed by atoms with van der Waals surface area (Å²) >= 11 is 3.45. The highest BCUT2D eigenvalue weighted by atomic mass is 79.9. The Bertz CT molecular complexity index is 914. The lowest BCUT2D eigenvalue weighted by atomic mass is 10.00. The average molecular weight is 446 g/mol. The Morgan fingerprint density at radius 3 is 2.54 bits per heavy atom. The summed E-state index contributed by atoms with van der Waals surface area (Å²) in [5.41, 5.74) is 1.48. The van der Waals surface area contributed by atoms with Gasteiger partial charge in [-0.05, 0) is 36.4 Å². The molecule has 2 aliphatic rings. The average Bonchev–Trinajstić information content (AvgIpc) is 2.72. The van der Waals surface area contributed by atoms with E-state index in [0.717, 1.165) is 15.8 Å². The van der Waals surface area contributed by atoms with Crippen molar-refractivity contribution in [3.8, 4) is 17.2 Å². The van der Waals surface area contributed by atoms with Crippen molar-refractivity contribution < 1.29 is 23.8 Å². The fraction of sp³-hybridized carbons (Fsp3) is 0.333. The number of ketones is 1. The molecule has 2 aromatic rings. The van der Waals surface area contributed by atoms with Gasteiger partial charge < -0.3 is 19.5 Å². The molecule has 1 N–H and O–H groups in total. The number of carbonyl (C=O) groups is 2. The third-order valence-electron chi connectivity index (χ3n) is 4.79. The van der Waals surface area contributed by atoms with Crippen molar-refractivity contribution in [3.05, 3.63) is 52.0 Å². The second kappa shape index (κ2) is 8.22. The summed E-state index contributed by atoms with van der Waals surface area (Å²) < 4.78 is 17.6. The van der Waals surface area contributed by atoms with Crippen molar-refractivity contribution >= 4 is 27.6 Å². The smallest absolute Gasteiger partial charge is 0.220 e. The fourth-order valence-corrected chi connectivity index (χ4v) is 3.75. The highest BCUT2D eigenvalue weighted by molar-refractivity contribution is 9.10. The largest absolute Gasteiger partial charge is 0.493 e. The molecule has 6 nitrogen and oxygen atoms in total. The minimum absolute atomic E-state index is 0.0951. The Morgan fingerprint density at radius 1 is 0.929 bits per heavy atom. The summed E-state index contributed by atoms with van der Waals surface area (Å²) in [4.78, 5) is 24.9. The van der Waals surface area contributed by atoms with Gasteiger partial charge in [-0.1, -0.05) is 15.9 Å². The zero-order valence-corrected chi connectivity index (χ0v) is 16.8. The van der Waals surface area contributed by atoms with Gasteiger partial charge in [0.1, 0.15) is 19.0 Å². The number of nitrogens with one attached hydrogen (secondary N) is 1. The number of ether oxygens (including phenoxy) is 3. The fourth-order valence-electron chi connectivity index (χ4n) is 3.37. The van der Waals surface area contributed by atoms with Crippen LogP contribution in [0, 0.1) is 0 Å². The van der Waals surface area contributed by atoms with E-state index in [4.69, 9.17) is 14.2 Å². The molecular weight excluding hydrogens is 426 g/mol. The van der Waals surface area contributed by atoms with Gasteiger partial charge in [-0.15, -0.1) is 0 Å². The van der Waals surface area contributed by atoms with Crippen LogP contribution in [-0.2, 0) is 4.79 Å². The van der Waals surface area contributed by atoms with E-state index in [1.165, 1.54) is 0 Å². The Morgan fingerprint density at radius 2 is 1.68 bits per heavy atom. The maximum absolute atomic E-state index is 12.5. The minimum atomic E-state index is -0.149. The van der Waals surface area contributed by atoms with Gasteiger partial charge in [0.15, 0.2) is 17.3 Å². The Kier molecular flexibility index (Phi) is 5.52. The van der Waals surface area contributed by atoms with Crippen LogP contribution in [0.25, 0.3) is 0 Å². The Hall–Kier alpha value is -2.54. The summed E-state index contributed by atoms with van der Waals surface area (Å²) in [6.45, 7) is 1.53. The molecule has 1 atom stereocenters. The quantitative estimate of drug-likeness (QED) is 0.707. The maximum Gasteiger partial charge on any atom is 0.220 e. The van der Waals surface area contributed by atoms with Gasteiger partial charge in [-0.2, -0.15) is 0 Å². The van der Waals surface area contributed by atoms with Crippen molar-refractivity contribution in [2.24, 2.45) is 0 Å². The lowest BCUT2D eigenvalue weighted by Gasteiger charge is -2.27. The summed E-state index contributed by atoms with van der Waals surface area (Å²) in [5, 5.41) is 3.02. The maximum atomic E-state index is 12.5. The number of benzene rings is 2. The predicted molar refractivity (Wildman–Crippen MR) is 106 cm³/mol. The summed E-state index contributed by atoms with van der Waals surface area (Å²) in [6.07, 6.45) is 0.972. The first-order valence-corrected chi connectivity index (χ1v) is 10.0. The standard InChI is InChI=1S/C21H20BrNO5/c22-14-2-5-18-15(12-14)16(7-8-26-18)23-21(25)6-3-17(24)13-1-4-19-20(11-13)28-10-9-27-19/h1-2,4-5,11-12,16H,3,6-10H2,(H,23,25). The first-order chi connectivity index (χ1) is 13.6. The molecule has 7 heteroatoms. The zero-order valence-electron chi connectivity index (χ0n) is 15.2. The van der Waals surface area contributed by atoms with Crippen LogP contribution >= 0.6 is 15.9 Å². The van der Waals surface area contributed by atoms with Gasteiger partial charge in [0.25, 0.3) is 0 Å². The second-order valence-electron chi connectivity index (χ2n) is 6.72. The van der Waals surface area contributed by atoms with E-state index < -0.39 is 0 Å². The molecule has 1 unspecified atom stereocenters. The summed E-state index contributed by atoms with van der Waals surface area (Å²) in [6, 6.07) is 10.8. The molecule has 0 aromatic heterocycles. The normalized spacial score (nSPS) is 17.2. The van der Waals surface area contributed by atoms with Gasteiger partial charge in [-0.25, -0.2) is 0 Å². The topological polar surface area (TPSA) is 73.9 Å². The molecule has 28 heavy (non-hydrogen) atoms. The Labute approximate surface area is 171 Å². The molecule has 0 saturated heterocycles. The van der Waals surface area contributed by atoms with Gasteiger partial charge in [-0.3, -0.25) is 9.59 Å². The van der Waals surface area contributed by atoms with Crippen LogP contribution in [0.15, 0.2) is 40.9 Å². The van der Waals surface area contributed by atoms with Crippen molar-refractivity contribution in [2.45, 2.75) is 25.3 Å². The number of carbonyl (C=O) groups excluding carboxylic acids is 2. The summed E-state index contributed by atoms with van der Waals surface area (Å²) in [5.74, 6) is 1.76. The van der Waals surface area contributed by atoms with Crippen molar-refractivity contribution in [3.63, 3.8) is 0 Å². The molecule has 1 amide bonds. The molecule has 0 spiro atoms. The van der Waals surface area contributed by atoms with Crippen LogP contribution in [0.1, 0.15) is 41.2 Å². The van der Waals surface area contributed by atoms with E-state index in [0.29, 0.717) is 43.3 Å². The van der Waals surface area contributed by atoms with Crippen molar-refractivity contribution in [1.29, 1.82) is 0 Å². The van der Waals surface area contributed by atoms with Gasteiger partial charge >= 0.3 is 0 Å². The third-order valence-corrected chi connectivity index (χ3v) is 5.28. The highest BCUT2D eigenvalue weighted by Crippen LogP contribution is 2.34. The minimum Gasteiger partial charge on any atom is -0.493 e. The highest BCUT2D eigenvalue weighted by Gasteiger charge is 2.24. The third kappa shape index (κ3) is 4.14. The molecule has 0 fully saturated rings. The number of Topliss-reactive ketones (excluding diaryl/α,β-unsaturated/α-hetero) is 1. The number of amides is 1. The lowest BCUT2D eigenvalue weighted by Crippen LogP contribution is -2.32. The van der Waals surface area contributed by atoms with Crippen LogP contribution in [0.3, 0.4) is 0 Å². The van der Waals surface area contributed by atoms with Crippen LogP contribution in [0.2, 0.25) is 0 Å². The SMILES string of the molecule is O=C(CCC(=O)c1ccc2c(c1)OCCO2)NC1CCOc2ccc(Br)cc21. The zero-order chi connectivity index (χ0) is 19.5. The molecule has 2 aliphatic heterocycles. The molecule has 0 radical (unpaired) electrons. The van der Waals surface area contributed by atoms with Crippen LogP contribution in [-0.4, -0.2) is 31.5 Å². The van der Waals surface area contributed by atoms with E-state index in [2.05, 4.69) is 21.2 Å². The van der Waals surface area contributed by atoms with E-state index in [9.17, 15) is 9.59 Å². The molecule has 4 rings (SSSR count). The lowest BCUT2D eigenvalue weighted by molar-refractivity contribution is -0.122. The van der Waals surface area contributed by atoms with Gasteiger partial charge in [0, 0.05) is 34.9 Å². The molecule has 146 valence electrons. The number of fused-ring (bicyclic) bond motifs is 2. The van der Waals surface area contributed by atoms with Crippen LogP contribution < -0.4 is 19.5 Å². The van der Waals surface area contributed by atoms with Crippen molar-refractivity contribution in [2.75, 3.05) is 19.8 Å². The number of hydrogen-bond donors (Lipinski definition) is 1. The predicted octanol–water partition coefficient (Wildman–Crippen LogP) is 3.82. The second-order valence-corrected chi connectivity index (χ2v) is 7.64. The molecule has 2 aromatic carbocycles. The number of hydrogen-bond acceptors (Lipinski definition) is 5. The van der Waals surface area contributed by atoms with E-state index in [1.807, 2.05) is 18.2 Å². The van der Waals surface area contributed by atoms with E-state index in [-0.39, 0.29) is 30.6 Å². The number of rotatable bonds is 5. The van der Waals surface area contributed by atoms with E-state index >= 15 is 0 Å². The molecule has 0 saturated carbocycles. The van der Waals surface area contributed by atoms with E-state index in [1.54, 1.807) is 18.2 Å². The van der Waals surface area contributed by atoms with Gasteiger partial charge in [0.05, 0.1) is 12.6 Å². The van der Waals surface area contributed by atoms with Crippen molar-refractivity contribution in [1.82, 2.24) is 5.32 Å². The molecule has 0 bridgehead atoms. The van der Waals surface area contributed by atoms with Crippen LogP contribution in [0.5, 0.6) is 17.2 Å². The Balaban J connectivity index is 1.35. The number of halogens is 1. The molecule has 2 heterocycles. The molecular formula is C21H20BrNO5. The van der Waals surface area contributed by atoms with Gasteiger partial charge in [0.2, 0.25) is 5.91 Å². The monoisotopic (exact) mass is 445 g/mol. The first-order valence-electron chi connectivity index (χ1n) is 9.24. The summed E-state index contributed by atoms with van der Waals surface area (Å²) in [7, 11) is 0. The van der Waals surface area contributed by atoms with Crippen LogP contribution in [0.4, 0.5) is 0 Å².